The Labute approximate surface area is 223 Å². The van der Waals surface area contributed by atoms with Gasteiger partial charge in [-0.15, -0.1) is 11.3 Å². The number of hydrogen-bond acceptors (Lipinski definition) is 8. The molecule has 200 valence electrons. The molecule has 1 fully saturated rings. The van der Waals surface area contributed by atoms with E-state index in [9.17, 15) is 14.7 Å². The smallest absolute Gasteiger partial charge is 0.328 e. The van der Waals surface area contributed by atoms with Gasteiger partial charge < -0.3 is 10.8 Å². The van der Waals surface area contributed by atoms with Gasteiger partial charge in [-0.2, -0.15) is 0 Å². The first-order valence-corrected chi connectivity index (χ1v) is 14.0. The predicted molar refractivity (Wildman–Crippen MR) is 147 cm³/mol. The van der Waals surface area contributed by atoms with E-state index in [0.29, 0.717) is 57.5 Å². The van der Waals surface area contributed by atoms with E-state index in [0.717, 1.165) is 16.3 Å². The second-order valence-electron chi connectivity index (χ2n) is 9.45. The third kappa shape index (κ3) is 5.10. The number of likely N-dealkylation sites (N-methyl/N-ethyl adjacent to an activating group) is 1. The van der Waals surface area contributed by atoms with Gasteiger partial charge in [0.25, 0.3) is 5.91 Å². The number of carbonyl (C=O) groups is 2. The quantitative estimate of drug-likeness (QED) is 0.412. The number of benzene rings is 1. The molecular formula is C27H38N6O3S. The average molecular weight is 527 g/mol. The van der Waals surface area contributed by atoms with E-state index in [-0.39, 0.29) is 18.5 Å². The monoisotopic (exact) mass is 526 g/mol. The normalized spacial score (nSPS) is 21.7. The van der Waals surface area contributed by atoms with Crippen molar-refractivity contribution >= 4 is 34.8 Å². The molecule has 1 saturated heterocycles. The Morgan fingerprint density at radius 3 is 2.49 bits per heavy atom. The molecule has 37 heavy (non-hydrogen) atoms. The molecule has 0 saturated carbocycles. The molecule has 9 nitrogen and oxygen atoms in total. The van der Waals surface area contributed by atoms with Crippen LogP contribution in [0.5, 0.6) is 0 Å². The number of thiophene rings is 1. The largest absolute Gasteiger partial charge is 0.399 e. The number of urea groups is 1. The highest BCUT2D eigenvalue weighted by molar-refractivity contribution is 7.10. The number of amides is 3. The Hall–Kier alpha value is -2.95. The molecule has 0 spiro atoms. The fourth-order valence-corrected chi connectivity index (χ4v) is 6.10. The Morgan fingerprint density at radius 2 is 1.89 bits per heavy atom. The fraction of sp³-hybridized carbons (Fsp3) is 0.519. The second kappa shape index (κ2) is 11.6. The van der Waals surface area contributed by atoms with Gasteiger partial charge >= 0.3 is 6.03 Å². The van der Waals surface area contributed by atoms with Crippen LogP contribution in [0.2, 0.25) is 0 Å². The first-order valence-electron chi connectivity index (χ1n) is 13.1. The van der Waals surface area contributed by atoms with Crippen LogP contribution in [0.3, 0.4) is 0 Å². The van der Waals surface area contributed by atoms with Crippen molar-refractivity contribution in [3.63, 3.8) is 0 Å². The van der Waals surface area contributed by atoms with Crippen molar-refractivity contribution in [2.24, 2.45) is 4.99 Å². The number of nitrogen functional groups attached to an aromatic ring is 1. The molecule has 3 N–H and O–H groups in total. The molecule has 2 atom stereocenters. The van der Waals surface area contributed by atoms with E-state index >= 15 is 0 Å². The Balaban J connectivity index is 1.79. The molecule has 2 aliphatic heterocycles. The first kappa shape index (κ1) is 27.1. The highest BCUT2D eigenvalue weighted by Crippen LogP contribution is 2.42. The topological polar surface area (TPSA) is 106 Å². The van der Waals surface area contributed by atoms with Gasteiger partial charge in [0, 0.05) is 43.2 Å². The van der Waals surface area contributed by atoms with Gasteiger partial charge in [-0.05, 0) is 48.4 Å². The number of anilines is 1. The molecule has 0 aliphatic carbocycles. The van der Waals surface area contributed by atoms with Crippen molar-refractivity contribution in [1.82, 2.24) is 19.8 Å². The van der Waals surface area contributed by atoms with Crippen molar-refractivity contribution in [2.45, 2.75) is 58.2 Å². The van der Waals surface area contributed by atoms with Gasteiger partial charge in [0.15, 0.2) is 11.7 Å². The summed E-state index contributed by atoms with van der Waals surface area (Å²) >= 11 is 1.64. The number of hydrazine groups is 1. The SMILES string of the molecule is CCCN1C(=O)C2N(N(CC)CCO)C(Cc3cccs3)=NC2(CC)N(CCc2ccc(N)cc2)C1=O. The predicted octanol–water partition coefficient (Wildman–Crippen LogP) is 3.21. The second-order valence-corrected chi connectivity index (χ2v) is 10.5. The molecule has 1 aromatic carbocycles. The molecule has 2 aliphatic rings. The summed E-state index contributed by atoms with van der Waals surface area (Å²) in [5, 5.41) is 15.8. The number of amidine groups is 1. The van der Waals surface area contributed by atoms with Crippen LogP contribution < -0.4 is 5.73 Å². The van der Waals surface area contributed by atoms with Crippen LogP contribution in [0.4, 0.5) is 10.5 Å². The minimum absolute atomic E-state index is 0.0465. The van der Waals surface area contributed by atoms with Gasteiger partial charge in [0.1, 0.15) is 5.84 Å². The summed E-state index contributed by atoms with van der Waals surface area (Å²) in [6.45, 7) is 7.68. The van der Waals surface area contributed by atoms with E-state index in [1.165, 1.54) is 4.90 Å². The van der Waals surface area contributed by atoms with Crippen molar-refractivity contribution in [1.29, 1.82) is 0 Å². The standard InChI is InChI=1S/C27H38N6O3S/c1-4-14-31-25(35)24-27(5-2,32(26(31)36)15-13-20-9-11-21(28)12-10-20)29-23(19-22-8-7-18-37-22)33(24)30(6-3)16-17-34/h7-12,18,24,34H,4-6,13-17,19,28H2,1-3H3. The number of fused-ring (bicyclic) bond motifs is 1. The number of aliphatic hydroxyl groups excluding tert-OH is 1. The van der Waals surface area contributed by atoms with Crippen LogP contribution in [0.25, 0.3) is 0 Å². The van der Waals surface area contributed by atoms with Gasteiger partial charge in [-0.3, -0.25) is 19.6 Å². The summed E-state index contributed by atoms with van der Waals surface area (Å²) in [6, 6.07) is 10.8. The van der Waals surface area contributed by atoms with Crippen LogP contribution in [0.15, 0.2) is 46.8 Å². The number of nitrogens with zero attached hydrogens (tertiary/aromatic N) is 5. The lowest BCUT2D eigenvalue weighted by Gasteiger charge is -2.51. The Morgan fingerprint density at radius 1 is 1.14 bits per heavy atom. The molecule has 4 rings (SSSR count). The molecule has 2 aromatic rings. The molecule has 2 unspecified atom stereocenters. The van der Waals surface area contributed by atoms with E-state index in [2.05, 4.69) is 6.07 Å². The van der Waals surface area contributed by atoms with Crippen molar-refractivity contribution in [3.05, 3.63) is 52.2 Å². The highest BCUT2D eigenvalue weighted by atomic mass is 32.1. The van der Waals surface area contributed by atoms with Crippen LogP contribution in [-0.2, 0) is 17.6 Å². The number of hydrogen-bond donors (Lipinski definition) is 2. The van der Waals surface area contributed by atoms with E-state index in [4.69, 9.17) is 10.7 Å². The van der Waals surface area contributed by atoms with E-state index in [1.807, 2.05) is 71.4 Å². The van der Waals surface area contributed by atoms with Crippen molar-refractivity contribution < 1.29 is 14.7 Å². The molecular weight excluding hydrogens is 488 g/mol. The van der Waals surface area contributed by atoms with E-state index in [1.54, 1.807) is 11.3 Å². The molecule has 0 bridgehead atoms. The van der Waals surface area contributed by atoms with Crippen LogP contribution in [0, 0.1) is 0 Å². The zero-order valence-corrected chi connectivity index (χ0v) is 22.8. The maximum Gasteiger partial charge on any atom is 0.328 e. The molecule has 3 heterocycles. The van der Waals surface area contributed by atoms with Crippen molar-refractivity contribution in [3.8, 4) is 0 Å². The summed E-state index contributed by atoms with van der Waals surface area (Å²) in [7, 11) is 0. The number of aliphatic imine (C=N–C) groups is 1. The number of nitrogens with two attached hydrogens (primary N) is 1. The minimum Gasteiger partial charge on any atom is -0.399 e. The third-order valence-corrected chi connectivity index (χ3v) is 8.09. The number of rotatable bonds is 12. The molecule has 3 amide bonds. The summed E-state index contributed by atoms with van der Waals surface area (Å²) < 4.78 is 0. The number of imide groups is 1. The van der Waals surface area contributed by atoms with Gasteiger partial charge in [-0.25, -0.2) is 14.8 Å². The molecule has 1 aromatic heterocycles. The van der Waals surface area contributed by atoms with Gasteiger partial charge in [0.2, 0.25) is 0 Å². The van der Waals surface area contributed by atoms with Crippen LogP contribution in [0.1, 0.15) is 44.1 Å². The zero-order chi connectivity index (χ0) is 26.6. The van der Waals surface area contributed by atoms with Gasteiger partial charge in [0.05, 0.1) is 6.61 Å². The first-order chi connectivity index (χ1) is 17.9. The summed E-state index contributed by atoms with van der Waals surface area (Å²) in [4.78, 5) is 37.5. The van der Waals surface area contributed by atoms with Crippen molar-refractivity contribution in [2.75, 3.05) is 38.5 Å². The summed E-state index contributed by atoms with van der Waals surface area (Å²) in [5.41, 5.74) is 6.60. The summed E-state index contributed by atoms with van der Waals surface area (Å²) in [5.74, 6) is 0.528. The lowest BCUT2D eigenvalue weighted by Crippen LogP contribution is -2.74. The Kier molecular flexibility index (Phi) is 8.51. The number of carbonyl (C=O) groups excluding carboxylic acids is 2. The average Bonchev–Trinajstić information content (AvgIpc) is 3.53. The maximum absolute atomic E-state index is 14.1. The van der Waals surface area contributed by atoms with Crippen LogP contribution in [-0.4, -0.2) is 87.2 Å². The molecule has 10 heteroatoms. The van der Waals surface area contributed by atoms with Gasteiger partial charge in [-0.1, -0.05) is 39.0 Å². The Bertz CT molecular complexity index is 1110. The lowest BCUT2D eigenvalue weighted by molar-refractivity contribution is -0.151. The lowest BCUT2D eigenvalue weighted by atomic mass is 9.91. The maximum atomic E-state index is 14.1. The zero-order valence-electron chi connectivity index (χ0n) is 22.0. The van der Waals surface area contributed by atoms with E-state index < -0.39 is 11.7 Å². The minimum atomic E-state index is -1.03. The molecule has 0 radical (unpaired) electrons. The summed E-state index contributed by atoms with van der Waals surface area (Å²) in [6.07, 6.45) is 2.35. The third-order valence-electron chi connectivity index (χ3n) is 7.21. The van der Waals surface area contributed by atoms with Crippen LogP contribution >= 0.6 is 11.3 Å². The number of aliphatic hydroxyl groups is 1. The highest BCUT2D eigenvalue weighted by Gasteiger charge is 2.62. The fourth-order valence-electron chi connectivity index (χ4n) is 5.40.